The Hall–Kier alpha value is -1.89. The fourth-order valence-corrected chi connectivity index (χ4v) is 2.19. The minimum Gasteiger partial charge on any atom is -0.398 e. The quantitative estimate of drug-likeness (QED) is 0.841. The summed E-state index contributed by atoms with van der Waals surface area (Å²) >= 11 is 3.31. The molecular formula is C12H14BrN5O. The second kappa shape index (κ2) is 5.40. The fourth-order valence-electron chi connectivity index (χ4n) is 1.75. The zero-order chi connectivity index (χ0) is 14.0. The van der Waals surface area contributed by atoms with Crippen LogP contribution in [0, 0.1) is 0 Å². The number of nitrogens with two attached hydrogens (primary N) is 1. The molecule has 1 atom stereocenters. The van der Waals surface area contributed by atoms with Gasteiger partial charge in [0.05, 0.1) is 16.1 Å². The highest BCUT2D eigenvalue weighted by Crippen LogP contribution is 2.24. The van der Waals surface area contributed by atoms with E-state index in [2.05, 4.69) is 31.4 Å². The molecule has 0 saturated heterocycles. The molecule has 0 aliphatic rings. The predicted octanol–water partition coefficient (Wildman–Crippen LogP) is 1.65. The van der Waals surface area contributed by atoms with Gasteiger partial charge in [-0.05, 0) is 35.0 Å². The second-order valence-corrected chi connectivity index (χ2v) is 5.00. The van der Waals surface area contributed by atoms with E-state index in [1.165, 1.54) is 0 Å². The number of aromatic nitrogens is 3. The molecule has 2 aromatic rings. The Bertz CT molecular complexity index is 610. The first-order valence-electron chi connectivity index (χ1n) is 5.69. The van der Waals surface area contributed by atoms with Crippen molar-refractivity contribution < 1.29 is 4.79 Å². The summed E-state index contributed by atoms with van der Waals surface area (Å²) in [6.45, 7) is 1.85. The molecule has 19 heavy (non-hydrogen) atoms. The first kappa shape index (κ1) is 13.5. The SMILES string of the molecule is CC(NC(=O)c1cccc(N)c1Br)c1nncn1C. The number of halogens is 1. The molecule has 0 aliphatic heterocycles. The van der Waals surface area contributed by atoms with E-state index in [0.717, 1.165) is 0 Å². The van der Waals surface area contributed by atoms with Crippen molar-refractivity contribution in [3.8, 4) is 0 Å². The maximum Gasteiger partial charge on any atom is 0.253 e. The van der Waals surface area contributed by atoms with Crippen LogP contribution in [0.15, 0.2) is 29.0 Å². The minimum absolute atomic E-state index is 0.213. The molecule has 0 radical (unpaired) electrons. The van der Waals surface area contributed by atoms with Crippen LogP contribution in [-0.2, 0) is 7.05 Å². The van der Waals surface area contributed by atoms with Crippen molar-refractivity contribution in [1.82, 2.24) is 20.1 Å². The van der Waals surface area contributed by atoms with Gasteiger partial charge in [-0.1, -0.05) is 6.07 Å². The van der Waals surface area contributed by atoms with Crippen LogP contribution in [0.5, 0.6) is 0 Å². The normalized spacial score (nSPS) is 12.2. The number of nitrogen functional groups attached to an aromatic ring is 1. The van der Waals surface area contributed by atoms with Crippen molar-refractivity contribution in [2.45, 2.75) is 13.0 Å². The molecule has 0 aliphatic carbocycles. The van der Waals surface area contributed by atoms with Gasteiger partial charge in [-0.3, -0.25) is 4.79 Å². The van der Waals surface area contributed by atoms with E-state index in [0.29, 0.717) is 21.5 Å². The van der Waals surface area contributed by atoms with Crippen molar-refractivity contribution in [3.05, 3.63) is 40.4 Å². The van der Waals surface area contributed by atoms with Crippen molar-refractivity contribution in [3.63, 3.8) is 0 Å². The molecule has 1 amide bonds. The zero-order valence-corrected chi connectivity index (χ0v) is 12.2. The van der Waals surface area contributed by atoms with Crippen molar-refractivity contribution in [2.75, 3.05) is 5.73 Å². The molecule has 0 fully saturated rings. The number of benzene rings is 1. The minimum atomic E-state index is -0.242. The number of carbonyl (C=O) groups excluding carboxylic acids is 1. The van der Waals surface area contributed by atoms with Crippen LogP contribution in [0.4, 0.5) is 5.69 Å². The number of nitrogens with one attached hydrogen (secondary N) is 1. The highest BCUT2D eigenvalue weighted by Gasteiger charge is 2.17. The summed E-state index contributed by atoms with van der Waals surface area (Å²) in [4.78, 5) is 12.2. The van der Waals surface area contributed by atoms with Gasteiger partial charge >= 0.3 is 0 Å². The smallest absolute Gasteiger partial charge is 0.253 e. The van der Waals surface area contributed by atoms with Crippen LogP contribution in [0.2, 0.25) is 0 Å². The van der Waals surface area contributed by atoms with Crippen LogP contribution in [0.25, 0.3) is 0 Å². The van der Waals surface area contributed by atoms with Crippen molar-refractivity contribution >= 4 is 27.5 Å². The van der Waals surface area contributed by atoms with Gasteiger partial charge in [0.15, 0.2) is 5.82 Å². The van der Waals surface area contributed by atoms with Gasteiger partial charge in [-0.25, -0.2) is 0 Å². The molecule has 2 rings (SSSR count). The van der Waals surface area contributed by atoms with Crippen molar-refractivity contribution in [1.29, 1.82) is 0 Å². The summed E-state index contributed by atoms with van der Waals surface area (Å²) in [5.74, 6) is 0.475. The molecule has 7 heteroatoms. The summed E-state index contributed by atoms with van der Waals surface area (Å²) in [6.07, 6.45) is 1.59. The fraction of sp³-hybridized carbons (Fsp3) is 0.250. The van der Waals surface area contributed by atoms with Gasteiger partial charge in [-0.2, -0.15) is 0 Å². The first-order chi connectivity index (χ1) is 9.00. The maximum absolute atomic E-state index is 12.2. The Morgan fingerprint density at radius 2 is 2.26 bits per heavy atom. The Morgan fingerprint density at radius 3 is 2.89 bits per heavy atom. The van der Waals surface area contributed by atoms with Crippen molar-refractivity contribution in [2.24, 2.45) is 7.05 Å². The molecule has 1 heterocycles. The lowest BCUT2D eigenvalue weighted by Gasteiger charge is -2.14. The molecular weight excluding hydrogens is 310 g/mol. The van der Waals surface area contributed by atoms with Crippen LogP contribution in [0.3, 0.4) is 0 Å². The lowest BCUT2D eigenvalue weighted by Crippen LogP contribution is -2.28. The number of carbonyl (C=O) groups is 1. The van der Waals surface area contributed by atoms with Gasteiger partial charge < -0.3 is 15.6 Å². The Balaban J connectivity index is 2.18. The second-order valence-electron chi connectivity index (χ2n) is 4.20. The van der Waals surface area contributed by atoms with E-state index in [4.69, 9.17) is 5.73 Å². The average molecular weight is 324 g/mol. The molecule has 0 saturated carbocycles. The molecule has 0 spiro atoms. The van der Waals surface area contributed by atoms with E-state index >= 15 is 0 Å². The van der Waals surface area contributed by atoms with E-state index < -0.39 is 0 Å². The van der Waals surface area contributed by atoms with Crippen LogP contribution in [0.1, 0.15) is 29.1 Å². The molecule has 1 aromatic carbocycles. The van der Waals surface area contributed by atoms with Crippen LogP contribution >= 0.6 is 15.9 Å². The highest BCUT2D eigenvalue weighted by molar-refractivity contribution is 9.10. The number of anilines is 1. The lowest BCUT2D eigenvalue weighted by molar-refractivity contribution is 0.0937. The maximum atomic E-state index is 12.2. The Kier molecular flexibility index (Phi) is 3.84. The van der Waals surface area contributed by atoms with Gasteiger partial charge in [0, 0.05) is 12.7 Å². The van der Waals surface area contributed by atoms with E-state index in [1.807, 2.05) is 14.0 Å². The number of amides is 1. The largest absolute Gasteiger partial charge is 0.398 e. The number of rotatable bonds is 3. The Morgan fingerprint density at radius 1 is 1.53 bits per heavy atom. The lowest BCUT2D eigenvalue weighted by atomic mass is 10.1. The molecule has 100 valence electrons. The summed E-state index contributed by atoms with van der Waals surface area (Å²) in [5, 5.41) is 10.6. The van der Waals surface area contributed by atoms with E-state index in [-0.39, 0.29) is 11.9 Å². The highest BCUT2D eigenvalue weighted by atomic mass is 79.9. The molecule has 1 unspecified atom stereocenters. The van der Waals surface area contributed by atoms with E-state index in [1.54, 1.807) is 29.1 Å². The summed E-state index contributed by atoms with van der Waals surface area (Å²) in [6, 6.07) is 4.93. The van der Waals surface area contributed by atoms with Crippen LogP contribution in [-0.4, -0.2) is 20.7 Å². The third-order valence-corrected chi connectivity index (χ3v) is 3.64. The standard InChI is InChI=1S/C12H14BrN5O/c1-7(11-17-15-6-18(11)2)16-12(19)8-4-3-5-9(14)10(8)13/h3-7H,14H2,1-2H3,(H,16,19). The topological polar surface area (TPSA) is 85.8 Å². The summed E-state index contributed by atoms with van der Waals surface area (Å²) in [5.41, 5.74) is 6.78. The third kappa shape index (κ3) is 2.76. The first-order valence-corrected chi connectivity index (χ1v) is 6.48. The summed E-state index contributed by atoms with van der Waals surface area (Å²) in [7, 11) is 1.83. The van der Waals surface area contributed by atoms with Crippen LogP contribution < -0.4 is 11.1 Å². The number of hydrogen-bond acceptors (Lipinski definition) is 4. The monoisotopic (exact) mass is 323 g/mol. The average Bonchev–Trinajstić information content (AvgIpc) is 2.79. The molecule has 6 nitrogen and oxygen atoms in total. The molecule has 1 aromatic heterocycles. The number of aryl methyl sites for hydroxylation is 1. The number of hydrogen-bond donors (Lipinski definition) is 2. The molecule has 0 bridgehead atoms. The van der Waals surface area contributed by atoms with Gasteiger partial charge in [-0.15, -0.1) is 10.2 Å². The van der Waals surface area contributed by atoms with Gasteiger partial charge in [0.25, 0.3) is 5.91 Å². The summed E-state index contributed by atoms with van der Waals surface area (Å²) < 4.78 is 2.36. The zero-order valence-electron chi connectivity index (χ0n) is 10.6. The Labute approximate surface area is 119 Å². The van der Waals surface area contributed by atoms with Gasteiger partial charge in [0.2, 0.25) is 0 Å². The van der Waals surface area contributed by atoms with E-state index in [9.17, 15) is 4.79 Å². The third-order valence-electron chi connectivity index (χ3n) is 2.75. The number of nitrogens with zero attached hydrogens (tertiary/aromatic N) is 3. The predicted molar refractivity (Wildman–Crippen MR) is 75.4 cm³/mol. The van der Waals surface area contributed by atoms with Gasteiger partial charge in [0.1, 0.15) is 6.33 Å². The molecule has 3 N–H and O–H groups in total.